The fraction of sp³-hybridized carbons (Fsp3) is 0.444. The summed E-state index contributed by atoms with van der Waals surface area (Å²) in [6, 6.07) is -2.22. The second-order valence-corrected chi connectivity index (χ2v) is 6.32. The van der Waals surface area contributed by atoms with E-state index in [1.54, 1.807) is 0 Å². The van der Waals surface area contributed by atoms with E-state index >= 15 is 0 Å². The first-order chi connectivity index (χ1) is 15.3. The summed E-state index contributed by atoms with van der Waals surface area (Å²) in [5.74, 6) is -3.43. The molecule has 2 radical (unpaired) electrons. The van der Waals surface area contributed by atoms with E-state index in [4.69, 9.17) is 21.7 Å². The minimum absolute atomic E-state index is 0. The van der Waals surface area contributed by atoms with E-state index in [2.05, 4.69) is 30.6 Å². The van der Waals surface area contributed by atoms with Crippen LogP contribution in [0.15, 0.2) is 25.0 Å². The number of nitrogens with one attached hydrogen (secondary N) is 4. The zero-order valence-electron chi connectivity index (χ0n) is 18.5. The van der Waals surface area contributed by atoms with Crippen molar-refractivity contribution < 1.29 is 74.5 Å². The largest absolute Gasteiger partial charge is 2.00 e. The third-order valence-electron chi connectivity index (χ3n) is 3.78. The first kappa shape index (κ1) is 40.4. The van der Waals surface area contributed by atoms with Crippen LogP contribution in [0.3, 0.4) is 0 Å². The van der Waals surface area contributed by atoms with Crippen molar-refractivity contribution in [3.05, 3.63) is 58.5 Å². The second-order valence-electron chi connectivity index (χ2n) is 6.32. The molecule has 18 heteroatoms. The van der Waals surface area contributed by atoms with Crippen molar-refractivity contribution in [3.63, 3.8) is 0 Å². The molecule has 210 valence electrons. The van der Waals surface area contributed by atoms with Crippen LogP contribution in [0.25, 0.3) is 22.1 Å². The van der Waals surface area contributed by atoms with Crippen molar-refractivity contribution in [2.45, 2.75) is 37.8 Å². The van der Waals surface area contributed by atoms with E-state index in [9.17, 15) is 19.2 Å². The van der Waals surface area contributed by atoms with Crippen LogP contribution in [-0.4, -0.2) is 90.0 Å². The van der Waals surface area contributed by atoms with Gasteiger partial charge in [0.25, 0.3) is 11.9 Å². The molecule has 2 aromatic heterocycles. The Hall–Kier alpha value is -2.82. The molecule has 36 heavy (non-hydrogen) atoms. The zero-order chi connectivity index (χ0) is 23.9. The Morgan fingerprint density at radius 3 is 1.33 bits per heavy atom. The number of rotatable bonds is 12. The summed E-state index contributed by atoms with van der Waals surface area (Å²) < 4.78 is 0. The van der Waals surface area contributed by atoms with Gasteiger partial charge in [0.15, 0.2) is 0 Å². The molecule has 16 nitrogen and oxygen atoms in total. The van der Waals surface area contributed by atoms with Crippen molar-refractivity contribution in [3.8, 4) is 0 Å². The molecule has 0 spiro atoms. The first-order valence-electron chi connectivity index (χ1n) is 9.43. The average Bonchev–Trinajstić information content (AvgIpc) is 3.42. The fourth-order valence-electron chi connectivity index (χ4n) is 2.28. The average molecular weight is 610 g/mol. The Bertz CT molecular complexity index is 785. The summed E-state index contributed by atoms with van der Waals surface area (Å²) in [6.07, 6.45) is 5.93. The number of aromatic nitrogens is 4. The molecule has 2 unspecified atom stereocenters. The Morgan fingerprint density at radius 1 is 0.778 bits per heavy atom. The van der Waals surface area contributed by atoms with Crippen LogP contribution in [-0.2, 0) is 66.2 Å². The number of H-pyrrole nitrogens is 2. The van der Waals surface area contributed by atoms with E-state index in [1.807, 2.05) is 0 Å². The third-order valence-corrected chi connectivity index (χ3v) is 3.78. The Balaban J connectivity index is -0.000000256. The molecule has 0 aliphatic heterocycles. The van der Waals surface area contributed by atoms with Crippen LogP contribution in [0.1, 0.15) is 24.2 Å². The summed E-state index contributed by atoms with van der Waals surface area (Å²) in [4.78, 5) is 56.9. The van der Waals surface area contributed by atoms with E-state index in [0.717, 1.165) is 0 Å². The van der Waals surface area contributed by atoms with Gasteiger partial charge in [0.2, 0.25) is 0 Å². The summed E-state index contributed by atoms with van der Waals surface area (Å²) >= 11 is 0. The monoisotopic (exact) mass is 608 g/mol. The van der Waals surface area contributed by atoms with Crippen LogP contribution in [0.2, 0.25) is 0 Å². The molecule has 0 saturated carbocycles. The van der Waals surface area contributed by atoms with Gasteiger partial charge in [-0.3, -0.25) is 9.59 Å². The molecule has 0 saturated heterocycles. The van der Waals surface area contributed by atoms with Crippen molar-refractivity contribution >= 4 is 23.8 Å². The Kier molecular flexibility index (Phi) is 25.4. The first-order valence-corrected chi connectivity index (χ1v) is 9.43. The number of carbonyl (C=O) groups is 4. The standard InChI is InChI=1S/2C9H13N4O3.2Cu.2H2O/c2*10-2-1-8(14)13-7(9(15)16)3-6-4-11-5-12-6;;;;/h2*4-5,7,10H,1-3H2,(H3,11,12,13,14,15,16);;;2*1H2/q2*-1;2*+2;;/p-4. The molecule has 0 aliphatic carbocycles. The number of hydrogen-bond donors (Lipinski definition) is 4. The number of nitrogens with zero attached hydrogens (tertiary/aromatic N) is 4. The van der Waals surface area contributed by atoms with Crippen LogP contribution >= 0.6 is 0 Å². The topological polar surface area (TPSA) is 302 Å². The van der Waals surface area contributed by atoms with Gasteiger partial charge in [-0.25, -0.2) is 9.97 Å². The maximum absolute atomic E-state index is 11.1. The smallest absolute Gasteiger partial charge is 0.870 e. The van der Waals surface area contributed by atoms with E-state index < -0.39 is 35.8 Å². The van der Waals surface area contributed by atoms with Crippen molar-refractivity contribution in [2.75, 3.05) is 13.1 Å². The summed E-state index contributed by atoms with van der Waals surface area (Å²) in [5, 5.41) is 24.8. The Labute approximate surface area is 227 Å². The van der Waals surface area contributed by atoms with E-state index in [0.29, 0.717) is 11.4 Å². The summed E-state index contributed by atoms with van der Waals surface area (Å²) in [7, 11) is 0. The molecule has 2 amide bonds. The number of amides is 2. The number of aliphatic carboxylic acids is 2. The molecule has 0 bridgehead atoms. The second kappa shape index (κ2) is 22.6. The molecule has 2 aromatic rings. The van der Waals surface area contributed by atoms with Gasteiger partial charge >= 0.3 is 34.1 Å². The number of carboxylic acids is 2. The predicted octanol–water partition coefficient (Wildman–Crippen LogP) is 1.14. The molecule has 2 heterocycles. The number of carbonyl (C=O) groups excluding carboxylic acids is 2. The van der Waals surface area contributed by atoms with Gasteiger partial charge in [-0.05, 0) is 37.8 Å². The van der Waals surface area contributed by atoms with Crippen LogP contribution < -0.4 is 0 Å². The SMILES string of the molecule is [Cu+2].[Cu+2].[NH-]CCC(=O)[N-]C(Cc1cnc[nH]1)C(=O)O.[NH-]CCC(=O)[N-]C(Cc1cnc[nH]1)C(=O)O.[OH-].[OH-]. The van der Waals surface area contributed by atoms with Crippen molar-refractivity contribution in [1.82, 2.24) is 19.9 Å². The van der Waals surface area contributed by atoms with E-state index in [-0.39, 0.29) is 83.9 Å². The van der Waals surface area contributed by atoms with Crippen LogP contribution in [0.4, 0.5) is 0 Å². The van der Waals surface area contributed by atoms with Gasteiger partial charge in [-0.1, -0.05) is 0 Å². The molecule has 2 atom stereocenters. The molecular formula is C18H26Cu2N8O8-2. The van der Waals surface area contributed by atoms with Gasteiger partial charge in [-0.2, -0.15) is 0 Å². The third kappa shape index (κ3) is 16.7. The zero-order valence-corrected chi connectivity index (χ0v) is 20.4. The van der Waals surface area contributed by atoms with Crippen LogP contribution in [0, 0.1) is 0 Å². The summed E-state index contributed by atoms with van der Waals surface area (Å²) in [5.41, 5.74) is 14.9. The number of imidazole rings is 2. The number of carboxylic acid groups (broad SMARTS) is 2. The molecule has 0 aliphatic rings. The summed E-state index contributed by atoms with van der Waals surface area (Å²) in [6.45, 7) is -0.169. The normalized spacial score (nSPS) is 10.7. The maximum atomic E-state index is 11.1. The van der Waals surface area contributed by atoms with Crippen LogP contribution in [0.5, 0.6) is 0 Å². The van der Waals surface area contributed by atoms with Gasteiger partial charge < -0.3 is 62.8 Å². The van der Waals surface area contributed by atoms with E-state index in [1.165, 1.54) is 25.0 Å². The van der Waals surface area contributed by atoms with Gasteiger partial charge in [0.1, 0.15) is 0 Å². The van der Waals surface area contributed by atoms with Gasteiger partial charge in [-0.15, -0.1) is 13.1 Å². The molecule has 0 fully saturated rings. The maximum Gasteiger partial charge on any atom is 2.00 e. The molecule has 0 aromatic carbocycles. The number of hydrogen-bond acceptors (Lipinski definition) is 8. The quantitative estimate of drug-likeness (QED) is 0.249. The van der Waals surface area contributed by atoms with Crippen molar-refractivity contribution in [2.24, 2.45) is 0 Å². The number of aromatic amines is 2. The van der Waals surface area contributed by atoms with Gasteiger partial charge in [0.05, 0.1) is 12.7 Å². The molecule has 2 rings (SSSR count). The van der Waals surface area contributed by atoms with Crippen molar-refractivity contribution in [1.29, 1.82) is 0 Å². The molecular weight excluding hydrogens is 583 g/mol. The minimum Gasteiger partial charge on any atom is -0.870 e. The fourth-order valence-corrected chi connectivity index (χ4v) is 2.28. The predicted molar refractivity (Wildman–Crippen MR) is 116 cm³/mol. The van der Waals surface area contributed by atoms with Gasteiger partial charge in [0, 0.05) is 35.6 Å². The Morgan fingerprint density at radius 2 is 1.11 bits per heavy atom. The minimum atomic E-state index is -1.16. The molecule has 8 N–H and O–H groups in total.